The van der Waals surface area contributed by atoms with Crippen LogP contribution in [-0.4, -0.2) is 6.04 Å². The van der Waals surface area contributed by atoms with Crippen LogP contribution < -0.4 is 11.1 Å². The normalized spacial score (nSPS) is 15.3. The topological polar surface area (TPSA) is 38.0 Å². The van der Waals surface area contributed by atoms with Crippen molar-refractivity contribution < 1.29 is 0 Å². The van der Waals surface area contributed by atoms with Crippen LogP contribution in [0.4, 0.5) is 0 Å². The first-order valence-corrected chi connectivity index (χ1v) is 8.21. The summed E-state index contributed by atoms with van der Waals surface area (Å²) < 4.78 is 0. The number of rotatable bonds is 5. The molecular weight excluding hydrogens is 280 g/mol. The van der Waals surface area contributed by atoms with E-state index >= 15 is 0 Å². The molecule has 0 spiro atoms. The molecule has 3 aromatic carbocycles. The van der Waals surface area contributed by atoms with Crippen molar-refractivity contribution >= 4 is 10.8 Å². The van der Waals surface area contributed by atoms with E-state index in [0.29, 0.717) is 0 Å². The van der Waals surface area contributed by atoms with Gasteiger partial charge in [-0.2, -0.15) is 0 Å². The lowest BCUT2D eigenvalue weighted by Crippen LogP contribution is -2.38. The number of benzene rings is 3. The molecule has 3 atom stereocenters. The predicted octanol–water partition coefficient (Wildman–Crippen LogP) is 4.58. The molecule has 3 aromatic rings. The lowest BCUT2D eigenvalue weighted by atomic mass is 9.97. The van der Waals surface area contributed by atoms with Crippen LogP contribution in [0.2, 0.25) is 0 Å². The van der Waals surface area contributed by atoms with Crippen molar-refractivity contribution in [3.05, 3.63) is 83.9 Å². The SMILES string of the molecule is CC(NC(C)C(N)c1ccccc1)c1cccc2ccccc12. The molecule has 23 heavy (non-hydrogen) atoms. The highest BCUT2D eigenvalue weighted by atomic mass is 15.0. The molecule has 3 rings (SSSR count). The van der Waals surface area contributed by atoms with Crippen LogP contribution >= 0.6 is 0 Å². The minimum atomic E-state index is -0.0198. The minimum absolute atomic E-state index is 0.0198. The lowest BCUT2D eigenvalue weighted by Gasteiger charge is -2.26. The van der Waals surface area contributed by atoms with Crippen LogP contribution in [0.15, 0.2) is 72.8 Å². The van der Waals surface area contributed by atoms with Gasteiger partial charge in [0.25, 0.3) is 0 Å². The van der Waals surface area contributed by atoms with Gasteiger partial charge in [-0.3, -0.25) is 0 Å². The van der Waals surface area contributed by atoms with Gasteiger partial charge in [0, 0.05) is 18.1 Å². The van der Waals surface area contributed by atoms with Crippen LogP contribution in [0, 0.1) is 0 Å². The molecule has 0 radical (unpaired) electrons. The summed E-state index contributed by atoms with van der Waals surface area (Å²) >= 11 is 0. The van der Waals surface area contributed by atoms with Gasteiger partial charge >= 0.3 is 0 Å². The number of hydrogen-bond acceptors (Lipinski definition) is 2. The van der Waals surface area contributed by atoms with Crippen molar-refractivity contribution in [1.29, 1.82) is 0 Å². The number of nitrogens with one attached hydrogen (secondary N) is 1. The average Bonchev–Trinajstić information content (AvgIpc) is 2.61. The molecule has 3 unspecified atom stereocenters. The number of hydrogen-bond donors (Lipinski definition) is 2. The third kappa shape index (κ3) is 3.44. The lowest BCUT2D eigenvalue weighted by molar-refractivity contribution is 0.423. The molecule has 0 aliphatic rings. The quantitative estimate of drug-likeness (QED) is 0.724. The molecule has 118 valence electrons. The summed E-state index contributed by atoms with van der Waals surface area (Å²) in [5, 5.41) is 6.24. The molecule has 0 saturated carbocycles. The van der Waals surface area contributed by atoms with Gasteiger partial charge in [-0.25, -0.2) is 0 Å². The first kappa shape index (κ1) is 15.7. The highest BCUT2D eigenvalue weighted by Crippen LogP contribution is 2.25. The molecule has 0 aromatic heterocycles. The summed E-state index contributed by atoms with van der Waals surface area (Å²) in [6.07, 6.45) is 0. The number of fused-ring (bicyclic) bond motifs is 1. The van der Waals surface area contributed by atoms with Gasteiger partial charge in [0.05, 0.1) is 0 Å². The average molecular weight is 304 g/mol. The Hall–Kier alpha value is -2.16. The molecule has 0 aliphatic carbocycles. The second-order valence-corrected chi connectivity index (χ2v) is 6.18. The fraction of sp³-hybridized carbons (Fsp3) is 0.238. The van der Waals surface area contributed by atoms with E-state index in [2.05, 4.69) is 73.8 Å². The largest absolute Gasteiger partial charge is 0.323 e. The Bertz CT molecular complexity index is 762. The summed E-state index contributed by atoms with van der Waals surface area (Å²) in [6.45, 7) is 4.36. The smallest absolute Gasteiger partial charge is 0.0448 e. The first-order chi connectivity index (χ1) is 11.2. The third-order valence-corrected chi connectivity index (χ3v) is 4.53. The fourth-order valence-corrected chi connectivity index (χ4v) is 3.18. The zero-order valence-corrected chi connectivity index (χ0v) is 13.7. The zero-order chi connectivity index (χ0) is 16.2. The van der Waals surface area contributed by atoms with Crippen LogP contribution in [0.3, 0.4) is 0 Å². The van der Waals surface area contributed by atoms with Gasteiger partial charge in [-0.05, 0) is 35.7 Å². The van der Waals surface area contributed by atoms with Gasteiger partial charge in [-0.15, -0.1) is 0 Å². The maximum absolute atomic E-state index is 6.42. The molecule has 3 N–H and O–H groups in total. The maximum atomic E-state index is 6.42. The molecule has 0 fully saturated rings. The van der Waals surface area contributed by atoms with Crippen molar-refractivity contribution in [3.63, 3.8) is 0 Å². The summed E-state index contributed by atoms with van der Waals surface area (Å²) in [7, 11) is 0. The van der Waals surface area contributed by atoms with Crippen LogP contribution in [0.5, 0.6) is 0 Å². The summed E-state index contributed by atoms with van der Waals surface area (Å²) in [5.41, 5.74) is 8.89. The van der Waals surface area contributed by atoms with Crippen LogP contribution in [0.25, 0.3) is 10.8 Å². The zero-order valence-electron chi connectivity index (χ0n) is 13.7. The van der Waals surface area contributed by atoms with Crippen molar-refractivity contribution in [3.8, 4) is 0 Å². The molecule has 0 bridgehead atoms. The summed E-state index contributed by atoms with van der Waals surface area (Å²) in [4.78, 5) is 0. The van der Waals surface area contributed by atoms with Crippen molar-refractivity contribution in [2.24, 2.45) is 5.73 Å². The fourth-order valence-electron chi connectivity index (χ4n) is 3.18. The third-order valence-electron chi connectivity index (χ3n) is 4.53. The summed E-state index contributed by atoms with van der Waals surface area (Å²) in [5.74, 6) is 0. The monoisotopic (exact) mass is 304 g/mol. The molecule has 0 saturated heterocycles. The van der Waals surface area contributed by atoms with E-state index in [4.69, 9.17) is 5.73 Å². The van der Waals surface area contributed by atoms with E-state index in [1.54, 1.807) is 0 Å². The highest BCUT2D eigenvalue weighted by Gasteiger charge is 2.18. The van der Waals surface area contributed by atoms with Gasteiger partial charge in [0.2, 0.25) is 0 Å². The second-order valence-electron chi connectivity index (χ2n) is 6.18. The van der Waals surface area contributed by atoms with E-state index in [-0.39, 0.29) is 18.1 Å². The van der Waals surface area contributed by atoms with Crippen LogP contribution in [-0.2, 0) is 0 Å². The maximum Gasteiger partial charge on any atom is 0.0448 e. The van der Waals surface area contributed by atoms with Crippen molar-refractivity contribution in [1.82, 2.24) is 5.32 Å². The molecule has 2 heteroatoms. The van der Waals surface area contributed by atoms with Crippen molar-refractivity contribution in [2.75, 3.05) is 0 Å². The highest BCUT2D eigenvalue weighted by molar-refractivity contribution is 5.86. The molecule has 0 heterocycles. The second kappa shape index (κ2) is 6.95. The predicted molar refractivity (Wildman–Crippen MR) is 98.3 cm³/mol. The van der Waals surface area contributed by atoms with Gasteiger partial charge < -0.3 is 11.1 Å². The standard InChI is InChI=1S/C21H24N2/c1-15(19-14-8-12-17-9-6-7-13-20(17)19)23-16(2)21(22)18-10-4-3-5-11-18/h3-16,21,23H,22H2,1-2H3. The van der Waals surface area contributed by atoms with Gasteiger partial charge in [0.1, 0.15) is 0 Å². The molecule has 0 amide bonds. The Morgan fingerprint density at radius 3 is 2.22 bits per heavy atom. The van der Waals surface area contributed by atoms with E-state index in [9.17, 15) is 0 Å². The Morgan fingerprint density at radius 2 is 1.43 bits per heavy atom. The molecule has 0 aliphatic heterocycles. The van der Waals surface area contributed by atoms with E-state index in [1.165, 1.54) is 16.3 Å². The first-order valence-electron chi connectivity index (χ1n) is 8.21. The Kier molecular flexibility index (Phi) is 4.75. The van der Waals surface area contributed by atoms with Gasteiger partial charge in [-0.1, -0.05) is 72.8 Å². The Morgan fingerprint density at radius 1 is 0.783 bits per heavy atom. The Labute approximate surface area is 138 Å². The molecular formula is C21H24N2. The Balaban J connectivity index is 1.79. The van der Waals surface area contributed by atoms with E-state index in [0.717, 1.165) is 5.56 Å². The molecule has 2 nitrogen and oxygen atoms in total. The van der Waals surface area contributed by atoms with Crippen molar-refractivity contribution in [2.45, 2.75) is 32.0 Å². The van der Waals surface area contributed by atoms with Gasteiger partial charge in [0.15, 0.2) is 0 Å². The summed E-state index contributed by atoms with van der Waals surface area (Å²) in [6, 6.07) is 25.7. The van der Waals surface area contributed by atoms with Crippen LogP contribution in [0.1, 0.15) is 37.1 Å². The number of nitrogens with two attached hydrogens (primary N) is 1. The van der Waals surface area contributed by atoms with E-state index < -0.39 is 0 Å². The van der Waals surface area contributed by atoms with E-state index in [1.807, 2.05) is 18.2 Å². The minimum Gasteiger partial charge on any atom is -0.323 e.